The average Bonchev–Trinajstić information content (AvgIpc) is 2.67. The van der Waals surface area contributed by atoms with Crippen LogP contribution in [0.15, 0.2) is 59.4 Å². The first kappa shape index (κ1) is 19.1. The van der Waals surface area contributed by atoms with E-state index in [1.54, 1.807) is 39.0 Å². The number of ether oxygens (including phenoxy) is 1. The third kappa shape index (κ3) is 3.86. The zero-order chi connectivity index (χ0) is 20.3. The van der Waals surface area contributed by atoms with E-state index in [1.807, 2.05) is 42.5 Å². The second-order valence-electron chi connectivity index (χ2n) is 6.76. The number of carbonyl (C=O) groups excluding carboxylic acids is 1. The summed E-state index contributed by atoms with van der Waals surface area (Å²) in [5.41, 5.74) is 3.94. The number of nitriles is 1. The normalized spacial score (nSPS) is 10.5. The Morgan fingerprint density at radius 1 is 1.04 bits per heavy atom. The van der Waals surface area contributed by atoms with Crippen LogP contribution in [0.5, 0.6) is 0 Å². The van der Waals surface area contributed by atoms with Crippen LogP contribution in [0.1, 0.15) is 35.5 Å². The van der Waals surface area contributed by atoms with Crippen LogP contribution in [0.2, 0.25) is 0 Å². The molecule has 28 heavy (non-hydrogen) atoms. The number of carbonyl (C=O) groups is 1. The molecule has 0 radical (unpaired) electrons. The zero-order valence-corrected chi connectivity index (χ0v) is 15.9. The molecule has 3 rings (SSSR count). The first-order chi connectivity index (χ1) is 13.4. The molecule has 0 bridgehead atoms. The molecule has 1 aromatic heterocycles. The number of pyridine rings is 1. The van der Waals surface area contributed by atoms with Gasteiger partial charge in [0.2, 0.25) is 0 Å². The number of rotatable bonds is 4. The van der Waals surface area contributed by atoms with Gasteiger partial charge in [0.05, 0.1) is 11.7 Å². The van der Waals surface area contributed by atoms with Crippen LogP contribution < -0.4 is 5.56 Å². The zero-order valence-electron chi connectivity index (χ0n) is 15.9. The van der Waals surface area contributed by atoms with Crippen LogP contribution in [0, 0.1) is 18.3 Å². The molecule has 0 saturated carbocycles. The second kappa shape index (κ2) is 7.93. The van der Waals surface area contributed by atoms with E-state index < -0.39 is 5.56 Å². The molecule has 0 amide bonds. The quantitative estimate of drug-likeness (QED) is 0.686. The van der Waals surface area contributed by atoms with E-state index in [9.17, 15) is 14.9 Å². The van der Waals surface area contributed by atoms with Gasteiger partial charge in [-0.2, -0.15) is 5.26 Å². The fourth-order valence-electron chi connectivity index (χ4n) is 3.05. The van der Waals surface area contributed by atoms with Crippen LogP contribution in [0.4, 0.5) is 0 Å². The lowest BCUT2D eigenvalue weighted by molar-refractivity contribution is 0.0378. The molecular weight excluding hydrogens is 352 g/mol. The smallest absolute Gasteiger partial charge is 0.338 e. The molecule has 1 N–H and O–H groups in total. The summed E-state index contributed by atoms with van der Waals surface area (Å²) in [6.07, 6.45) is -0.184. The Balaban J connectivity index is 2.09. The Morgan fingerprint density at radius 2 is 1.68 bits per heavy atom. The van der Waals surface area contributed by atoms with E-state index >= 15 is 0 Å². The van der Waals surface area contributed by atoms with Crippen molar-refractivity contribution in [2.75, 3.05) is 0 Å². The molecule has 0 aliphatic heterocycles. The number of aryl methyl sites for hydroxylation is 1. The third-order valence-corrected chi connectivity index (χ3v) is 4.27. The van der Waals surface area contributed by atoms with E-state index in [1.165, 1.54) is 0 Å². The number of aromatic amines is 1. The highest BCUT2D eigenvalue weighted by Crippen LogP contribution is 2.33. The molecule has 1 heterocycles. The Bertz CT molecular complexity index is 1120. The van der Waals surface area contributed by atoms with E-state index in [2.05, 4.69) is 4.98 Å². The molecule has 0 aliphatic carbocycles. The molecule has 0 saturated heterocycles. The van der Waals surface area contributed by atoms with Crippen LogP contribution in [-0.2, 0) is 4.74 Å². The molecular formula is C23H20N2O3. The van der Waals surface area contributed by atoms with Gasteiger partial charge in [-0.05, 0) is 55.7 Å². The molecule has 0 atom stereocenters. The maximum atomic E-state index is 12.2. The van der Waals surface area contributed by atoms with Gasteiger partial charge in [0.15, 0.2) is 0 Å². The average molecular weight is 372 g/mol. The van der Waals surface area contributed by atoms with Crippen molar-refractivity contribution >= 4 is 5.97 Å². The SMILES string of the molecule is Cc1cc(-c2ccccc2-c2ccc(C(=O)OC(C)C)cc2)c(C#N)c(=O)[nH]1. The predicted octanol–water partition coefficient (Wildman–Crippen LogP) is 4.45. The van der Waals surface area contributed by atoms with E-state index in [-0.39, 0.29) is 17.6 Å². The summed E-state index contributed by atoms with van der Waals surface area (Å²) in [4.78, 5) is 26.9. The Morgan fingerprint density at radius 3 is 2.29 bits per heavy atom. The molecule has 0 aliphatic rings. The van der Waals surface area contributed by atoms with Crippen molar-refractivity contribution in [3.63, 3.8) is 0 Å². The first-order valence-corrected chi connectivity index (χ1v) is 8.95. The third-order valence-electron chi connectivity index (χ3n) is 4.27. The van der Waals surface area contributed by atoms with Crippen LogP contribution >= 0.6 is 0 Å². The number of nitrogens with zero attached hydrogens (tertiary/aromatic N) is 1. The maximum Gasteiger partial charge on any atom is 0.338 e. The highest BCUT2D eigenvalue weighted by molar-refractivity contribution is 5.91. The number of hydrogen-bond donors (Lipinski definition) is 1. The minimum atomic E-state index is -0.404. The number of esters is 1. The van der Waals surface area contributed by atoms with Gasteiger partial charge >= 0.3 is 5.97 Å². The minimum absolute atomic E-state index is 0.0789. The largest absolute Gasteiger partial charge is 0.459 e. The summed E-state index contributed by atoms with van der Waals surface area (Å²) < 4.78 is 5.22. The highest BCUT2D eigenvalue weighted by Gasteiger charge is 2.15. The van der Waals surface area contributed by atoms with Crippen molar-refractivity contribution in [1.29, 1.82) is 5.26 Å². The summed E-state index contributed by atoms with van der Waals surface area (Å²) in [6.45, 7) is 5.39. The maximum absolute atomic E-state index is 12.2. The number of nitrogens with one attached hydrogen (secondary N) is 1. The van der Waals surface area contributed by atoms with Gasteiger partial charge in [-0.25, -0.2) is 4.79 Å². The fourth-order valence-corrected chi connectivity index (χ4v) is 3.05. The monoisotopic (exact) mass is 372 g/mol. The van der Waals surface area contributed by atoms with Crippen molar-refractivity contribution in [3.8, 4) is 28.3 Å². The van der Waals surface area contributed by atoms with Gasteiger partial charge in [0.1, 0.15) is 11.6 Å². The van der Waals surface area contributed by atoms with Crippen molar-refractivity contribution in [1.82, 2.24) is 4.98 Å². The number of aromatic nitrogens is 1. The lowest BCUT2D eigenvalue weighted by atomic mass is 9.92. The Kier molecular flexibility index (Phi) is 5.42. The molecule has 3 aromatic rings. The Labute approximate surface area is 163 Å². The molecule has 0 spiro atoms. The second-order valence-corrected chi connectivity index (χ2v) is 6.76. The van der Waals surface area contributed by atoms with Gasteiger partial charge in [-0.15, -0.1) is 0 Å². The highest BCUT2D eigenvalue weighted by atomic mass is 16.5. The summed E-state index contributed by atoms with van der Waals surface area (Å²) in [5, 5.41) is 9.46. The van der Waals surface area contributed by atoms with E-state index in [0.717, 1.165) is 16.7 Å². The molecule has 5 nitrogen and oxygen atoms in total. The van der Waals surface area contributed by atoms with Crippen LogP contribution in [0.3, 0.4) is 0 Å². The van der Waals surface area contributed by atoms with E-state index in [0.29, 0.717) is 16.8 Å². The number of hydrogen-bond acceptors (Lipinski definition) is 4. The first-order valence-electron chi connectivity index (χ1n) is 8.95. The van der Waals surface area contributed by atoms with Gasteiger partial charge in [-0.3, -0.25) is 4.79 Å². The molecule has 140 valence electrons. The van der Waals surface area contributed by atoms with Crippen molar-refractivity contribution in [3.05, 3.63) is 81.8 Å². The molecule has 5 heteroatoms. The lowest BCUT2D eigenvalue weighted by Gasteiger charge is -2.13. The van der Waals surface area contributed by atoms with Crippen LogP contribution in [-0.4, -0.2) is 17.1 Å². The predicted molar refractivity (Wildman–Crippen MR) is 108 cm³/mol. The number of benzene rings is 2. The van der Waals surface area contributed by atoms with Gasteiger partial charge in [-0.1, -0.05) is 36.4 Å². The minimum Gasteiger partial charge on any atom is -0.459 e. The lowest BCUT2D eigenvalue weighted by Crippen LogP contribution is -2.13. The molecule has 0 fully saturated rings. The summed E-state index contributed by atoms with van der Waals surface area (Å²) in [5.74, 6) is -0.369. The van der Waals surface area contributed by atoms with Crippen molar-refractivity contribution < 1.29 is 9.53 Å². The summed E-state index contributed by atoms with van der Waals surface area (Å²) in [6, 6.07) is 18.5. The van der Waals surface area contributed by atoms with Crippen molar-refractivity contribution in [2.24, 2.45) is 0 Å². The van der Waals surface area contributed by atoms with Gasteiger partial charge in [0, 0.05) is 11.3 Å². The summed E-state index contributed by atoms with van der Waals surface area (Å²) >= 11 is 0. The topological polar surface area (TPSA) is 82.9 Å². The van der Waals surface area contributed by atoms with Crippen LogP contribution in [0.25, 0.3) is 22.3 Å². The standard InChI is InChI=1S/C23H20N2O3/c1-14(2)28-23(27)17-10-8-16(9-11-17)18-6-4-5-7-19(18)20-12-15(3)25-22(26)21(20)13-24/h4-12,14H,1-3H3,(H,25,26). The fraction of sp³-hybridized carbons (Fsp3) is 0.174. The van der Waals surface area contributed by atoms with Gasteiger partial charge in [0.25, 0.3) is 5.56 Å². The summed E-state index contributed by atoms with van der Waals surface area (Å²) in [7, 11) is 0. The molecule has 0 unspecified atom stereocenters. The molecule has 2 aromatic carbocycles. The Hall–Kier alpha value is -3.65. The van der Waals surface area contributed by atoms with Gasteiger partial charge < -0.3 is 9.72 Å². The number of H-pyrrole nitrogens is 1. The van der Waals surface area contributed by atoms with Crippen molar-refractivity contribution in [2.45, 2.75) is 26.9 Å². The van der Waals surface area contributed by atoms with E-state index in [4.69, 9.17) is 4.74 Å².